The number of nitrogens with zero attached hydrogens (tertiary/aromatic N) is 1. The number of rotatable bonds is 19. The second kappa shape index (κ2) is 21.6. The van der Waals surface area contributed by atoms with Crippen molar-refractivity contribution in [3.05, 3.63) is 96.6 Å². The van der Waals surface area contributed by atoms with E-state index in [1.165, 1.54) is 17.8 Å². The third kappa shape index (κ3) is 13.2. The maximum atomic E-state index is 14.3. The van der Waals surface area contributed by atoms with Crippen molar-refractivity contribution >= 4 is 59.6 Å². The fourth-order valence-electron chi connectivity index (χ4n) is 6.21. The molecule has 0 radical (unpaired) electrons. The van der Waals surface area contributed by atoms with Crippen molar-refractivity contribution in [2.24, 2.45) is 0 Å². The first kappa shape index (κ1) is 44.2. The van der Waals surface area contributed by atoms with Crippen LogP contribution in [0.25, 0.3) is 20.5 Å². The van der Waals surface area contributed by atoms with Crippen molar-refractivity contribution in [2.75, 3.05) is 24.6 Å². The van der Waals surface area contributed by atoms with Crippen LogP contribution in [0.4, 0.5) is 0 Å². The van der Waals surface area contributed by atoms with E-state index in [-0.39, 0.29) is 41.2 Å². The van der Waals surface area contributed by atoms with Gasteiger partial charge in [-0.15, -0.1) is 42.0 Å². The van der Waals surface area contributed by atoms with Crippen LogP contribution >= 0.6 is 23.7 Å². The molecule has 0 amide bonds. The first-order valence-electron chi connectivity index (χ1n) is 18.4. The van der Waals surface area contributed by atoms with Gasteiger partial charge in [0.05, 0.1) is 17.3 Å². The molecule has 0 bridgehead atoms. The lowest BCUT2D eigenvalue weighted by molar-refractivity contribution is -0.0720. The van der Waals surface area contributed by atoms with E-state index in [0.717, 1.165) is 80.1 Å². The molecular formula is C41H54ClNO7S3. The number of thiophene rings is 1. The van der Waals surface area contributed by atoms with E-state index in [1.54, 1.807) is 42.5 Å². The smallest absolute Gasteiger partial charge is 0.309 e. The van der Waals surface area contributed by atoms with E-state index in [0.29, 0.717) is 40.2 Å². The molecule has 290 valence electrons. The average Bonchev–Trinajstić information content (AvgIpc) is 3.52. The van der Waals surface area contributed by atoms with Crippen LogP contribution in [0.5, 0.6) is 11.5 Å². The summed E-state index contributed by atoms with van der Waals surface area (Å²) in [4.78, 5) is 21.0. The summed E-state index contributed by atoms with van der Waals surface area (Å²) in [6.07, 6.45) is 10.4. The fraction of sp³-hybridized carbons (Fsp3) is 0.439. The number of carbonyl (C=O) groups excluding carboxylic acids is 1. The second-order valence-corrected chi connectivity index (χ2v) is 18.1. The van der Waals surface area contributed by atoms with Crippen LogP contribution in [0.2, 0.25) is 0 Å². The third-order valence-electron chi connectivity index (χ3n) is 8.93. The number of benzene rings is 3. The summed E-state index contributed by atoms with van der Waals surface area (Å²) in [5.74, 6) is 0.794. The Kier molecular flexibility index (Phi) is 18.0. The first-order valence-corrected chi connectivity index (χ1v) is 22.6. The van der Waals surface area contributed by atoms with Crippen LogP contribution in [-0.4, -0.2) is 52.3 Å². The van der Waals surface area contributed by atoms with Crippen molar-refractivity contribution in [1.82, 2.24) is 5.06 Å². The van der Waals surface area contributed by atoms with Crippen molar-refractivity contribution in [3.63, 3.8) is 0 Å². The standard InChI is InChI=1S/C39H49NO7S3.C2H4.ClH/c1-3-5-7-12-26-49(42,43)29-30-14-23-35-36(28-30)48-39(32-17-21-34(22-18-32)47-50(44,45)27-13-8-6-4-2)37(35)38(41)31-15-19-33(20-16-31)46-40-24-10-9-11-25-40;1-2;/h14-23,28H,3-13,24-27,29H2,1-2H3;1-2H2;1H. The molecule has 12 heteroatoms. The van der Waals surface area contributed by atoms with Gasteiger partial charge < -0.3 is 9.02 Å². The molecule has 1 aliphatic rings. The minimum atomic E-state index is -3.73. The van der Waals surface area contributed by atoms with Crippen LogP contribution in [0.3, 0.4) is 0 Å². The van der Waals surface area contributed by atoms with E-state index < -0.39 is 20.0 Å². The molecule has 1 fully saturated rings. The van der Waals surface area contributed by atoms with Gasteiger partial charge >= 0.3 is 10.1 Å². The van der Waals surface area contributed by atoms with Gasteiger partial charge in [-0.1, -0.05) is 70.9 Å². The van der Waals surface area contributed by atoms with Gasteiger partial charge in [0.2, 0.25) is 0 Å². The molecule has 0 saturated carbocycles. The summed E-state index contributed by atoms with van der Waals surface area (Å²) in [5.41, 5.74) is 2.44. The Bertz CT molecular complexity index is 1950. The monoisotopic (exact) mass is 803 g/mol. The number of sulfone groups is 1. The van der Waals surface area contributed by atoms with Crippen molar-refractivity contribution in [1.29, 1.82) is 0 Å². The minimum Gasteiger partial charge on any atom is -0.406 e. The topological polar surface area (TPSA) is 107 Å². The Morgan fingerprint density at radius 2 is 1.36 bits per heavy atom. The van der Waals surface area contributed by atoms with Crippen molar-refractivity contribution in [2.45, 2.75) is 90.2 Å². The molecule has 1 aromatic heterocycles. The molecule has 5 rings (SSSR count). The number of ketones is 1. The highest BCUT2D eigenvalue weighted by atomic mass is 35.5. The third-order valence-corrected chi connectivity index (χ3v) is 13.1. The van der Waals surface area contributed by atoms with Crippen molar-refractivity contribution in [3.8, 4) is 21.9 Å². The highest BCUT2D eigenvalue weighted by Gasteiger charge is 2.24. The van der Waals surface area contributed by atoms with Gasteiger partial charge in [-0.25, -0.2) is 8.42 Å². The van der Waals surface area contributed by atoms with Gasteiger partial charge in [0, 0.05) is 39.2 Å². The Balaban J connectivity index is 0.00000248. The number of carbonyl (C=O) groups is 1. The summed E-state index contributed by atoms with van der Waals surface area (Å²) in [6, 6.07) is 19.5. The van der Waals surface area contributed by atoms with Crippen molar-refractivity contribution < 1.29 is 30.7 Å². The number of piperidine rings is 1. The summed E-state index contributed by atoms with van der Waals surface area (Å²) < 4.78 is 57.2. The highest BCUT2D eigenvalue weighted by Crippen LogP contribution is 2.41. The average molecular weight is 805 g/mol. The molecular weight excluding hydrogens is 750 g/mol. The number of hydroxylamine groups is 2. The van der Waals surface area contributed by atoms with E-state index in [2.05, 4.69) is 27.0 Å². The Morgan fingerprint density at radius 3 is 1.98 bits per heavy atom. The molecule has 53 heavy (non-hydrogen) atoms. The zero-order valence-corrected chi connectivity index (χ0v) is 34.3. The maximum absolute atomic E-state index is 14.3. The van der Waals surface area contributed by atoms with E-state index in [9.17, 15) is 21.6 Å². The maximum Gasteiger partial charge on any atom is 0.309 e. The molecule has 0 N–H and O–H groups in total. The van der Waals surface area contributed by atoms with Crippen LogP contribution in [0.15, 0.2) is 79.9 Å². The van der Waals surface area contributed by atoms with Crippen LogP contribution in [-0.2, 0) is 25.7 Å². The normalized spacial score (nSPS) is 13.5. The second-order valence-electron chi connectivity index (χ2n) is 13.2. The number of fused-ring (bicyclic) bond motifs is 1. The van der Waals surface area contributed by atoms with E-state index >= 15 is 0 Å². The van der Waals surface area contributed by atoms with Crippen LogP contribution in [0, 0.1) is 0 Å². The van der Waals surface area contributed by atoms with Gasteiger partial charge in [-0.05, 0) is 91.4 Å². The molecule has 0 unspecified atom stereocenters. The minimum absolute atomic E-state index is 0. The largest absolute Gasteiger partial charge is 0.406 e. The van der Waals surface area contributed by atoms with Gasteiger partial charge in [0.15, 0.2) is 15.6 Å². The molecule has 1 aliphatic heterocycles. The van der Waals surface area contributed by atoms with Crippen LogP contribution in [0.1, 0.15) is 106 Å². The molecule has 2 heterocycles. The highest BCUT2D eigenvalue weighted by molar-refractivity contribution is 7.90. The summed E-state index contributed by atoms with van der Waals surface area (Å²) in [5, 5.41) is 2.70. The molecule has 3 aromatic carbocycles. The number of unbranched alkanes of at least 4 members (excludes halogenated alkanes) is 6. The lowest BCUT2D eigenvalue weighted by Crippen LogP contribution is -2.32. The SMILES string of the molecule is C=C.CCCCCCS(=O)(=O)Cc1ccc2c(C(=O)c3ccc(ON4CCCCC4)cc3)c(-c3ccc(OS(=O)(=O)CCCCCC)cc3)sc2c1.Cl. The Labute approximate surface area is 327 Å². The molecule has 0 atom stereocenters. The van der Waals surface area contributed by atoms with Gasteiger partial charge in [-0.2, -0.15) is 8.42 Å². The summed E-state index contributed by atoms with van der Waals surface area (Å²) >= 11 is 1.42. The number of hydrogen-bond acceptors (Lipinski definition) is 9. The zero-order chi connectivity index (χ0) is 37.6. The first-order chi connectivity index (χ1) is 25.1. The number of hydrogen-bond donors (Lipinski definition) is 0. The zero-order valence-electron chi connectivity index (χ0n) is 31.0. The van der Waals surface area contributed by atoms with E-state index in [4.69, 9.17) is 9.02 Å². The van der Waals surface area contributed by atoms with Crippen LogP contribution < -0.4 is 9.02 Å². The quantitative estimate of drug-likeness (QED) is 0.0399. The van der Waals surface area contributed by atoms with Gasteiger partial charge in [0.25, 0.3) is 0 Å². The lowest BCUT2D eigenvalue weighted by atomic mass is 9.97. The summed E-state index contributed by atoms with van der Waals surface area (Å²) in [7, 11) is -7.01. The molecule has 8 nitrogen and oxygen atoms in total. The lowest BCUT2D eigenvalue weighted by Gasteiger charge is -2.26. The molecule has 1 saturated heterocycles. The van der Waals surface area contributed by atoms with E-state index in [1.807, 2.05) is 29.3 Å². The van der Waals surface area contributed by atoms with Gasteiger partial charge in [0.1, 0.15) is 11.5 Å². The summed E-state index contributed by atoms with van der Waals surface area (Å²) in [6.45, 7) is 11.9. The Hall–Kier alpha value is -3.22. The predicted octanol–water partition coefficient (Wildman–Crippen LogP) is 10.6. The number of halogens is 1. The molecule has 0 spiro atoms. The van der Waals surface area contributed by atoms with Gasteiger partial charge in [-0.3, -0.25) is 4.79 Å². The molecule has 0 aliphatic carbocycles. The predicted molar refractivity (Wildman–Crippen MR) is 222 cm³/mol. The molecule has 4 aromatic rings. The fourth-order valence-corrected chi connectivity index (χ4v) is 10.00. The Morgan fingerprint density at radius 1 is 0.755 bits per heavy atom.